The summed E-state index contributed by atoms with van der Waals surface area (Å²) in [4.78, 5) is 22.8. The van der Waals surface area contributed by atoms with E-state index in [-0.39, 0.29) is 5.91 Å². The smallest absolute Gasteiger partial charge is 0.254 e. The Bertz CT molecular complexity index is 900. The number of hydrogen-bond acceptors (Lipinski definition) is 6. The van der Waals surface area contributed by atoms with Gasteiger partial charge in [-0.2, -0.15) is 0 Å². The molecule has 0 aliphatic carbocycles. The molecule has 1 aromatic heterocycles. The van der Waals surface area contributed by atoms with Crippen LogP contribution in [0.5, 0.6) is 11.5 Å². The minimum Gasteiger partial charge on any atom is -0.497 e. The monoisotopic (exact) mass is 392 g/mol. The maximum Gasteiger partial charge on any atom is 0.254 e. The Kier molecular flexibility index (Phi) is 7.00. The van der Waals surface area contributed by atoms with Gasteiger partial charge in [0.1, 0.15) is 18.1 Å². The average Bonchev–Trinajstić information content (AvgIpc) is 2.77. The molecule has 0 spiro atoms. The van der Waals surface area contributed by atoms with Crippen LogP contribution in [-0.4, -0.2) is 43.2 Å². The molecule has 0 bridgehead atoms. The van der Waals surface area contributed by atoms with E-state index in [1.807, 2.05) is 66.5 Å². The van der Waals surface area contributed by atoms with Gasteiger partial charge in [-0.05, 0) is 29.8 Å². The molecule has 150 valence electrons. The van der Waals surface area contributed by atoms with Crippen molar-refractivity contribution in [3.8, 4) is 11.5 Å². The summed E-state index contributed by atoms with van der Waals surface area (Å²) in [5, 5.41) is 2.80. The van der Waals surface area contributed by atoms with Gasteiger partial charge in [0.15, 0.2) is 0 Å². The van der Waals surface area contributed by atoms with Gasteiger partial charge in [0.25, 0.3) is 5.91 Å². The van der Waals surface area contributed by atoms with Crippen molar-refractivity contribution >= 4 is 11.9 Å². The number of hydrogen-bond donors (Lipinski definition) is 1. The third-order valence-corrected chi connectivity index (χ3v) is 4.22. The zero-order valence-electron chi connectivity index (χ0n) is 16.5. The van der Waals surface area contributed by atoms with E-state index >= 15 is 0 Å². The number of benzene rings is 2. The second-order valence-electron chi connectivity index (χ2n) is 6.39. The Morgan fingerprint density at radius 3 is 2.31 bits per heavy atom. The number of nitrogens with one attached hydrogen (secondary N) is 1. The molecule has 0 saturated heterocycles. The van der Waals surface area contributed by atoms with Crippen molar-refractivity contribution in [3.63, 3.8) is 0 Å². The van der Waals surface area contributed by atoms with Crippen LogP contribution in [0.1, 0.15) is 15.9 Å². The molecule has 3 aromatic rings. The number of ether oxygens (including phenoxy) is 2. The standard InChI is InChI=1S/C22H24N4O3/c1-26(16-17-6-4-3-5-7-17)22-24-14-18(15-25-22)21(27)23-12-13-29-20-10-8-19(28-2)9-11-20/h3-11,14-15H,12-13,16H2,1-2H3,(H,23,27). The first-order valence-corrected chi connectivity index (χ1v) is 9.28. The largest absolute Gasteiger partial charge is 0.497 e. The van der Waals surface area contributed by atoms with Crippen LogP contribution in [-0.2, 0) is 6.54 Å². The van der Waals surface area contributed by atoms with Gasteiger partial charge in [-0.1, -0.05) is 30.3 Å². The third kappa shape index (κ3) is 5.93. The summed E-state index contributed by atoms with van der Waals surface area (Å²) < 4.78 is 10.7. The van der Waals surface area contributed by atoms with Gasteiger partial charge in [0.05, 0.1) is 19.2 Å². The Morgan fingerprint density at radius 2 is 1.66 bits per heavy atom. The summed E-state index contributed by atoms with van der Waals surface area (Å²) >= 11 is 0. The molecule has 3 rings (SSSR count). The summed E-state index contributed by atoms with van der Waals surface area (Å²) in [6.07, 6.45) is 3.06. The van der Waals surface area contributed by atoms with Gasteiger partial charge in [-0.15, -0.1) is 0 Å². The lowest BCUT2D eigenvalue weighted by molar-refractivity contribution is 0.0946. The van der Waals surface area contributed by atoms with Crippen molar-refractivity contribution in [2.45, 2.75) is 6.54 Å². The summed E-state index contributed by atoms with van der Waals surface area (Å²) in [7, 11) is 3.53. The van der Waals surface area contributed by atoms with Gasteiger partial charge < -0.3 is 19.7 Å². The number of carbonyl (C=O) groups excluding carboxylic acids is 1. The normalized spacial score (nSPS) is 10.3. The summed E-state index contributed by atoms with van der Waals surface area (Å²) in [6.45, 7) is 1.42. The van der Waals surface area contributed by atoms with Crippen LogP contribution in [0.3, 0.4) is 0 Å². The van der Waals surface area contributed by atoms with Crippen LogP contribution in [0.2, 0.25) is 0 Å². The lowest BCUT2D eigenvalue weighted by Crippen LogP contribution is -2.28. The predicted octanol–water partition coefficient (Wildman–Crippen LogP) is 2.93. The van der Waals surface area contributed by atoms with E-state index < -0.39 is 0 Å². The molecule has 7 heteroatoms. The molecule has 1 heterocycles. The van der Waals surface area contributed by atoms with Crippen LogP contribution in [0.25, 0.3) is 0 Å². The van der Waals surface area contributed by atoms with Crippen LogP contribution < -0.4 is 19.7 Å². The van der Waals surface area contributed by atoms with E-state index in [2.05, 4.69) is 15.3 Å². The number of anilines is 1. The van der Waals surface area contributed by atoms with Crippen molar-refractivity contribution < 1.29 is 14.3 Å². The minimum atomic E-state index is -0.236. The first kappa shape index (κ1) is 20.1. The van der Waals surface area contributed by atoms with Gasteiger partial charge in [0.2, 0.25) is 5.95 Å². The first-order valence-electron chi connectivity index (χ1n) is 9.28. The SMILES string of the molecule is COc1ccc(OCCNC(=O)c2cnc(N(C)Cc3ccccc3)nc2)cc1. The Balaban J connectivity index is 1.44. The number of aromatic nitrogens is 2. The molecule has 0 aliphatic heterocycles. The van der Waals surface area contributed by atoms with E-state index in [0.29, 0.717) is 37.0 Å². The van der Waals surface area contributed by atoms with E-state index in [1.54, 1.807) is 7.11 Å². The highest BCUT2D eigenvalue weighted by molar-refractivity contribution is 5.93. The number of nitrogens with zero attached hydrogens (tertiary/aromatic N) is 3. The fraction of sp³-hybridized carbons (Fsp3) is 0.227. The van der Waals surface area contributed by atoms with Gasteiger partial charge in [-0.25, -0.2) is 9.97 Å². The van der Waals surface area contributed by atoms with Gasteiger partial charge in [-0.3, -0.25) is 4.79 Å². The molecule has 0 unspecified atom stereocenters. The molecule has 0 saturated carbocycles. The van der Waals surface area contributed by atoms with Crippen LogP contribution in [0.4, 0.5) is 5.95 Å². The summed E-state index contributed by atoms with van der Waals surface area (Å²) in [5.41, 5.74) is 1.57. The molecule has 0 aliphatic rings. The zero-order valence-corrected chi connectivity index (χ0v) is 16.5. The van der Waals surface area contributed by atoms with Crippen LogP contribution >= 0.6 is 0 Å². The van der Waals surface area contributed by atoms with Crippen molar-refractivity contribution in [1.29, 1.82) is 0 Å². The Labute approximate surface area is 170 Å². The van der Waals surface area contributed by atoms with Gasteiger partial charge >= 0.3 is 0 Å². The predicted molar refractivity (Wildman–Crippen MR) is 111 cm³/mol. The van der Waals surface area contributed by atoms with E-state index in [0.717, 1.165) is 11.3 Å². The van der Waals surface area contributed by atoms with Crippen molar-refractivity contribution in [1.82, 2.24) is 15.3 Å². The quantitative estimate of drug-likeness (QED) is 0.564. The number of methoxy groups -OCH3 is 1. The summed E-state index contributed by atoms with van der Waals surface area (Å²) in [6, 6.07) is 17.3. The number of amides is 1. The second-order valence-corrected chi connectivity index (χ2v) is 6.39. The average molecular weight is 392 g/mol. The summed E-state index contributed by atoms with van der Waals surface area (Å²) in [5.74, 6) is 1.81. The van der Waals surface area contributed by atoms with Crippen LogP contribution in [0, 0.1) is 0 Å². The molecular weight excluding hydrogens is 368 g/mol. The van der Waals surface area contributed by atoms with Crippen molar-refractivity contribution in [3.05, 3.63) is 78.1 Å². The highest BCUT2D eigenvalue weighted by Gasteiger charge is 2.09. The fourth-order valence-electron chi connectivity index (χ4n) is 2.67. The third-order valence-electron chi connectivity index (χ3n) is 4.22. The first-order chi connectivity index (χ1) is 14.2. The number of carbonyl (C=O) groups is 1. The molecule has 29 heavy (non-hydrogen) atoms. The maximum atomic E-state index is 12.2. The van der Waals surface area contributed by atoms with E-state index in [1.165, 1.54) is 12.4 Å². The lowest BCUT2D eigenvalue weighted by Gasteiger charge is -2.17. The molecule has 0 radical (unpaired) electrons. The zero-order chi connectivity index (χ0) is 20.5. The molecule has 2 aromatic carbocycles. The Morgan fingerprint density at radius 1 is 1.00 bits per heavy atom. The fourth-order valence-corrected chi connectivity index (χ4v) is 2.67. The molecule has 0 fully saturated rings. The molecular formula is C22H24N4O3. The molecule has 1 N–H and O–H groups in total. The van der Waals surface area contributed by atoms with E-state index in [9.17, 15) is 4.79 Å². The Hall–Kier alpha value is -3.61. The van der Waals surface area contributed by atoms with Gasteiger partial charge in [0, 0.05) is 26.0 Å². The number of rotatable bonds is 9. The second kappa shape index (κ2) is 10.1. The lowest BCUT2D eigenvalue weighted by atomic mass is 10.2. The molecule has 0 atom stereocenters. The molecule has 7 nitrogen and oxygen atoms in total. The highest BCUT2D eigenvalue weighted by Crippen LogP contribution is 2.16. The molecule has 1 amide bonds. The topological polar surface area (TPSA) is 76.6 Å². The van der Waals surface area contributed by atoms with Crippen LogP contribution in [0.15, 0.2) is 67.0 Å². The minimum absolute atomic E-state index is 0.236. The van der Waals surface area contributed by atoms with E-state index in [4.69, 9.17) is 9.47 Å². The van der Waals surface area contributed by atoms with Crippen molar-refractivity contribution in [2.24, 2.45) is 0 Å². The highest BCUT2D eigenvalue weighted by atomic mass is 16.5. The maximum absolute atomic E-state index is 12.2. The van der Waals surface area contributed by atoms with Crippen molar-refractivity contribution in [2.75, 3.05) is 32.2 Å².